The molecule has 5 heteroatoms. The van der Waals surface area contributed by atoms with Crippen molar-refractivity contribution in [3.8, 4) is 5.75 Å². The Morgan fingerprint density at radius 1 is 1.43 bits per heavy atom. The van der Waals surface area contributed by atoms with Gasteiger partial charge in [-0.2, -0.15) is 0 Å². The van der Waals surface area contributed by atoms with Crippen molar-refractivity contribution in [1.82, 2.24) is 4.98 Å². The summed E-state index contributed by atoms with van der Waals surface area (Å²) in [7, 11) is 1.61. The third-order valence-electron chi connectivity index (χ3n) is 3.66. The molecule has 1 aliphatic rings. The lowest BCUT2D eigenvalue weighted by Gasteiger charge is -2.08. The first-order valence-corrected chi connectivity index (χ1v) is 7.52. The van der Waals surface area contributed by atoms with E-state index in [-0.39, 0.29) is 11.8 Å². The van der Waals surface area contributed by atoms with E-state index in [9.17, 15) is 4.79 Å². The Hall–Kier alpha value is -1.88. The lowest BCUT2D eigenvalue weighted by molar-refractivity contribution is -0.117. The largest absolute Gasteiger partial charge is 0.496 e. The average molecular weight is 347 g/mol. The molecule has 2 unspecified atom stereocenters. The average Bonchev–Trinajstić information content (AvgIpc) is 3.29. The molecule has 0 bridgehead atoms. The van der Waals surface area contributed by atoms with Gasteiger partial charge in [-0.05, 0) is 58.1 Å². The lowest BCUT2D eigenvalue weighted by Crippen LogP contribution is -2.14. The fourth-order valence-electron chi connectivity index (χ4n) is 2.43. The second kappa shape index (κ2) is 5.85. The van der Waals surface area contributed by atoms with Gasteiger partial charge < -0.3 is 10.1 Å². The molecule has 4 nitrogen and oxygen atoms in total. The number of anilines is 1. The van der Waals surface area contributed by atoms with Crippen LogP contribution in [0.2, 0.25) is 0 Å². The van der Waals surface area contributed by atoms with E-state index in [2.05, 4.69) is 26.2 Å². The monoisotopic (exact) mass is 346 g/mol. The quantitative estimate of drug-likeness (QED) is 0.920. The number of nitrogens with one attached hydrogen (secondary N) is 1. The van der Waals surface area contributed by atoms with E-state index in [1.165, 1.54) is 0 Å². The number of rotatable bonds is 4. The minimum Gasteiger partial charge on any atom is -0.496 e. The highest BCUT2D eigenvalue weighted by Gasteiger charge is 2.44. The predicted molar refractivity (Wildman–Crippen MR) is 84.4 cm³/mol. The highest BCUT2D eigenvalue weighted by atomic mass is 79.9. The summed E-state index contributed by atoms with van der Waals surface area (Å²) in [5, 5.41) is 2.95. The van der Waals surface area contributed by atoms with Crippen molar-refractivity contribution >= 4 is 27.5 Å². The molecule has 2 aromatic rings. The van der Waals surface area contributed by atoms with Gasteiger partial charge in [-0.25, -0.2) is 0 Å². The summed E-state index contributed by atoms with van der Waals surface area (Å²) in [6.45, 7) is 0. The Morgan fingerprint density at radius 2 is 2.29 bits per heavy atom. The number of nitrogens with zero attached hydrogens (tertiary/aromatic N) is 1. The minimum absolute atomic E-state index is 0.0371. The fraction of sp³-hybridized carbons (Fsp3) is 0.250. The zero-order valence-corrected chi connectivity index (χ0v) is 13.1. The number of ether oxygens (including phenoxy) is 1. The van der Waals surface area contributed by atoms with Crippen molar-refractivity contribution in [3.63, 3.8) is 0 Å². The van der Waals surface area contributed by atoms with Crippen LogP contribution in [0.3, 0.4) is 0 Å². The Morgan fingerprint density at radius 3 is 2.95 bits per heavy atom. The molecule has 1 amide bonds. The van der Waals surface area contributed by atoms with Gasteiger partial charge in [0.1, 0.15) is 5.75 Å². The third kappa shape index (κ3) is 3.08. The number of carbonyl (C=O) groups is 1. The van der Waals surface area contributed by atoms with E-state index in [0.29, 0.717) is 5.92 Å². The van der Waals surface area contributed by atoms with Crippen LogP contribution in [0.1, 0.15) is 17.9 Å². The maximum Gasteiger partial charge on any atom is 0.228 e. The molecule has 21 heavy (non-hydrogen) atoms. The third-order valence-corrected chi connectivity index (χ3v) is 4.28. The minimum atomic E-state index is 0.0371. The maximum atomic E-state index is 12.2. The number of halogens is 1. The smallest absolute Gasteiger partial charge is 0.228 e. The van der Waals surface area contributed by atoms with E-state index in [1.54, 1.807) is 13.3 Å². The van der Waals surface area contributed by atoms with E-state index >= 15 is 0 Å². The summed E-state index contributed by atoms with van der Waals surface area (Å²) >= 11 is 3.41. The standard InChI is InChI=1S/C16H15BrN2O2/c1-21-15-5-4-11(7-14(15)17)19-16(20)13-8-12(13)10-3-2-6-18-9-10/h2-7,9,12-13H,8H2,1H3,(H,19,20). The fourth-order valence-corrected chi connectivity index (χ4v) is 2.97. The van der Waals surface area contributed by atoms with Crippen molar-refractivity contribution in [3.05, 3.63) is 52.8 Å². The summed E-state index contributed by atoms with van der Waals surface area (Å²) in [4.78, 5) is 16.3. The molecular formula is C16H15BrN2O2. The Labute approximate surface area is 131 Å². The van der Waals surface area contributed by atoms with Crippen LogP contribution in [0.25, 0.3) is 0 Å². The Balaban J connectivity index is 1.64. The molecule has 1 aliphatic carbocycles. The first kappa shape index (κ1) is 14.1. The zero-order valence-electron chi connectivity index (χ0n) is 11.5. The van der Waals surface area contributed by atoms with Gasteiger partial charge in [-0.15, -0.1) is 0 Å². The SMILES string of the molecule is COc1ccc(NC(=O)C2CC2c2cccnc2)cc1Br. The highest BCUT2D eigenvalue weighted by Crippen LogP contribution is 2.47. The van der Waals surface area contributed by atoms with Gasteiger partial charge >= 0.3 is 0 Å². The number of methoxy groups -OCH3 is 1. The van der Waals surface area contributed by atoms with Gasteiger partial charge in [-0.1, -0.05) is 6.07 Å². The molecule has 1 N–H and O–H groups in total. The van der Waals surface area contributed by atoms with Crippen LogP contribution in [0.15, 0.2) is 47.2 Å². The van der Waals surface area contributed by atoms with E-state index in [4.69, 9.17) is 4.74 Å². The molecule has 0 spiro atoms. The highest BCUT2D eigenvalue weighted by molar-refractivity contribution is 9.10. The molecule has 2 atom stereocenters. The normalized spacial score (nSPS) is 19.9. The number of hydrogen-bond acceptors (Lipinski definition) is 3. The first-order chi connectivity index (χ1) is 10.2. The van der Waals surface area contributed by atoms with E-state index in [0.717, 1.165) is 27.9 Å². The summed E-state index contributed by atoms with van der Waals surface area (Å²) in [6, 6.07) is 9.43. The van der Waals surface area contributed by atoms with Crippen LogP contribution in [0.4, 0.5) is 5.69 Å². The number of amides is 1. The van der Waals surface area contributed by atoms with Gasteiger partial charge in [0.25, 0.3) is 0 Å². The van der Waals surface area contributed by atoms with Gasteiger partial charge in [0.15, 0.2) is 0 Å². The summed E-state index contributed by atoms with van der Waals surface area (Å²) in [5.41, 5.74) is 1.90. The number of aromatic nitrogens is 1. The van der Waals surface area contributed by atoms with Crippen LogP contribution < -0.4 is 10.1 Å². The molecule has 3 rings (SSSR count). The number of carbonyl (C=O) groups excluding carboxylic acids is 1. The van der Waals surface area contributed by atoms with Crippen molar-refractivity contribution in [1.29, 1.82) is 0 Å². The van der Waals surface area contributed by atoms with Crippen molar-refractivity contribution in [2.45, 2.75) is 12.3 Å². The number of hydrogen-bond donors (Lipinski definition) is 1. The van der Waals surface area contributed by atoms with Gasteiger partial charge in [0.2, 0.25) is 5.91 Å². The second-order valence-electron chi connectivity index (χ2n) is 5.07. The molecule has 0 saturated heterocycles. The van der Waals surface area contributed by atoms with Crippen LogP contribution >= 0.6 is 15.9 Å². The molecule has 1 heterocycles. The van der Waals surface area contributed by atoms with Crippen LogP contribution in [-0.2, 0) is 4.79 Å². The first-order valence-electron chi connectivity index (χ1n) is 6.73. The van der Waals surface area contributed by atoms with Gasteiger partial charge in [0.05, 0.1) is 11.6 Å². The maximum absolute atomic E-state index is 12.2. The van der Waals surface area contributed by atoms with E-state index < -0.39 is 0 Å². The number of benzene rings is 1. The van der Waals surface area contributed by atoms with Crippen LogP contribution in [0, 0.1) is 5.92 Å². The zero-order chi connectivity index (χ0) is 14.8. The molecule has 0 radical (unpaired) electrons. The molecule has 1 saturated carbocycles. The van der Waals surface area contributed by atoms with E-state index in [1.807, 2.05) is 36.5 Å². The van der Waals surface area contributed by atoms with Crippen molar-refractivity contribution in [2.75, 3.05) is 12.4 Å². The van der Waals surface area contributed by atoms with Crippen LogP contribution in [-0.4, -0.2) is 18.0 Å². The Bertz CT molecular complexity index is 661. The molecule has 1 aromatic heterocycles. The van der Waals surface area contributed by atoms with Crippen molar-refractivity contribution in [2.24, 2.45) is 5.92 Å². The molecule has 1 aromatic carbocycles. The Kier molecular flexibility index (Phi) is 3.92. The topological polar surface area (TPSA) is 51.2 Å². The van der Waals surface area contributed by atoms with Gasteiger partial charge in [0, 0.05) is 24.0 Å². The molecule has 1 fully saturated rings. The predicted octanol–water partition coefficient (Wildman–Crippen LogP) is 3.59. The summed E-state index contributed by atoms with van der Waals surface area (Å²) in [5.74, 6) is 1.13. The molecular weight excluding hydrogens is 332 g/mol. The van der Waals surface area contributed by atoms with Gasteiger partial charge in [-0.3, -0.25) is 9.78 Å². The summed E-state index contributed by atoms with van der Waals surface area (Å²) < 4.78 is 5.99. The molecule has 0 aliphatic heterocycles. The van der Waals surface area contributed by atoms with Crippen molar-refractivity contribution < 1.29 is 9.53 Å². The number of pyridine rings is 1. The molecule has 108 valence electrons. The van der Waals surface area contributed by atoms with Crippen LogP contribution in [0.5, 0.6) is 5.75 Å². The summed E-state index contributed by atoms with van der Waals surface area (Å²) in [6.07, 6.45) is 4.46. The second-order valence-corrected chi connectivity index (χ2v) is 5.93. The lowest BCUT2D eigenvalue weighted by atomic mass is 10.1.